The average Bonchev–Trinajstić information content (AvgIpc) is 1.64. The van der Waals surface area contributed by atoms with E-state index in [1.165, 1.54) is 0 Å². The highest BCUT2D eigenvalue weighted by Gasteiger charge is 2.30. The predicted octanol–water partition coefficient (Wildman–Crippen LogP) is 2.26. The molecule has 1 radical (unpaired) electrons. The Balaban J connectivity index is 4.03. The van der Waals surface area contributed by atoms with Gasteiger partial charge in [-0.25, -0.2) is 9.50 Å². The van der Waals surface area contributed by atoms with Crippen molar-refractivity contribution in [2.75, 3.05) is 6.61 Å². The van der Waals surface area contributed by atoms with E-state index in [-0.39, 0.29) is 6.08 Å². The van der Waals surface area contributed by atoms with Gasteiger partial charge < -0.3 is 0 Å². The molecular formula is C4H3BrF3O. The fraction of sp³-hybridized carbons (Fsp3) is 0.500. The van der Waals surface area contributed by atoms with Gasteiger partial charge in [-0.2, -0.15) is 8.78 Å². The zero-order chi connectivity index (χ0) is 7.49. The van der Waals surface area contributed by atoms with Crippen molar-refractivity contribution in [1.82, 2.24) is 0 Å². The van der Waals surface area contributed by atoms with Gasteiger partial charge in [0, 0.05) is 0 Å². The van der Waals surface area contributed by atoms with Gasteiger partial charge in [0.25, 0.3) is 0 Å². The Labute approximate surface area is 58.3 Å². The molecule has 0 aliphatic heterocycles. The van der Waals surface area contributed by atoms with Gasteiger partial charge in [0.15, 0.2) is 5.83 Å². The monoisotopic (exact) mass is 203 g/mol. The third-order valence-electron chi connectivity index (χ3n) is 0.533. The third kappa shape index (κ3) is 3.53. The topological polar surface area (TPSA) is 19.9 Å². The van der Waals surface area contributed by atoms with Crippen LogP contribution in [0.3, 0.4) is 0 Å². The molecule has 0 aromatic rings. The lowest BCUT2D eigenvalue weighted by Crippen LogP contribution is -2.05. The molecule has 0 saturated carbocycles. The standard InChI is InChI=1S/C4H3BrF3O/c5-4(7,8)3(6)1-2-9/h1H,2H2. The van der Waals surface area contributed by atoms with Gasteiger partial charge >= 0.3 is 4.83 Å². The van der Waals surface area contributed by atoms with Crippen LogP contribution in [0.25, 0.3) is 0 Å². The lowest BCUT2D eigenvalue weighted by Gasteiger charge is -2.02. The van der Waals surface area contributed by atoms with Crippen molar-refractivity contribution in [3.05, 3.63) is 11.9 Å². The fourth-order valence-electron chi connectivity index (χ4n) is 0.189. The number of hydrogen-bond acceptors (Lipinski definition) is 0. The minimum absolute atomic E-state index is 0.273. The second-order valence-electron chi connectivity index (χ2n) is 1.22. The molecule has 0 unspecified atom stereocenters. The molecule has 0 rings (SSSR count). The largest absolute Gasteiger partial charge is 0.351 e. The molecule has 0 atom stereocenters. The Morgan fingerprint density at radius 3 is 2.22 bits per heavy atom. The summed E-state index contributed by atoms with van der Waals surface area (Å²) in [6.45, 7) is -0.979. The maximum Gasteiger partial charge on any atom is 0.351 e. The Hall–Kier alpha value is -0.0300. The van der Waals surface area contributed by atoms with Crippen LogP contribution in [-0.4, -0.2) is 11.4 Å². The quantitative estimate of drug-likeness (QED) is 0.614. The van der Waals surface area contributed by atoms with Crippen LogP contribution in [-0.2, 0) is 5.11 Å². The molecule has 0 heterocycles. The molecule has 0 N–H and O–H groups in total. The zero-order valence-corrected chi connectivity index (χ0v) is 5.79. The van der Waals surface area contributed by atoms with Crippen molar-refractivity contribution in [3.8, 4) is 0 Å². The van der Waals surface area contributed by atoms with Gasteiger partial charge in [0.05, 0.1) is 0 Å². The van der Waals surface area contributed by atoms with Crippen molar-refractivity contribution in [3.63, 3.8) is 0 Å². The van der Waals surface area contributed by atoms with Gasteiger partial charge in [-0.15, -0.1) is 0 Å². The predicted molar refractivity (Wildman–Crippen MR) is 28.6 cm³/mol. The number of allylic oxidation sites excluding steroid dienone is 1. The number of hydrogen-bond donors (Lipinski definition) is 0. The van der Waals surface area contributed by atoms with E-state index < -0.39 is 17.3 Å². The first-order valence-corrected chi connectivity index (χ1v) is 2.78. The highest BCUT2D eigenvalue weighted by Crippen LogP contribution is 2.31. The molecule has 0 spiro atoms. The van der Waals surface area contributed by atoms with Crippen LogP contribution in [0.4, 0.5) is 13.2 Å². The Morgan fingerprint density at radius 1 is 1.67 bits per heavy atom. The van der Waals surface area contributed by atoms with Crippen molar-refractivity contribution in [2.45, 2.75) is 4.83 Å². The highest BCUT2D eigenvalue weighted by molar-refractivity contribution is 9.10. The summed E-state index contributed by atoms with van der Waals surface area (Å²) in [6.07, 6.45) is 0.273. The lowest BCUT2D eigenvalue weighted by molar-refractivity contribution is 0.123. The van der Waals surface area contributed by atoms with E-state index in [0.29, 0.717) is 0 Å². The van der Waals surface area contributed by atoms with Crippen LogP contribution in [0.1, 0.15) is 0 Å². The molecule has 0 aliphatic rings. The summed E-state index contributed by atoms with van der Waals surface area (Å²) < 4.78 is 35.0. The maximum absolute atomic E-state index is 11.8. The Morgan fingerprint density at radius 2 is 2.11 bits per heavy atom. The lowest BCUT2D eigenvalue weighted by atomic mass is 10.5. The fourth-order valence-corrected chi connectivity index (χ4v) is 0.351. The normalized spacial score (nSPS) is 14.1. The smallest absolute Gasteiger partial charge is 0.232 e. The van der Waals surface area contributed by atoms with E-state index in [1.54, 1.807) is 15.9 Å². The Bertz CT molecular complexity index is 117. The number of rotatable bonds is 2. The third-order valence-corrected chi connectivity index (χ3v) is 0.912. The van der Waals surface area contributed by atoms with Gasteiger partial charge in [-0.3, -0.25) is 0 Å². The first kappa shape index (κ1) is 8.97. The molecule has 53 valence electrons. The molecule has 0 amide bonds. The number of halogens is 4. The van der Waals surface area contributed by atoms with E-state index in [1.807, 2.05) is 0 Å². The van der Waals surface area contributed by atoms with Crippen molar-refractivity contribution >= 4 is 15.9 Å². The van der Waals surface area contributed by atoms with Crippen molar-refractivity contribution in [2.24, 2.45) is 0 Å². The molecule has 0 aromatic carbocycles. The van der Waals surface area contributed by atoms with Crippen LogP contribution >= 0.6 is 15.9 Å². The van der Waals surface area contributed by atoms with Crippen molar-refractivity contribution in [1.29, 1.82) is 0 Å². The van der Waals surface area contributed by atoms with Crippen LogP contribution < -0.4 is 0 Å². The van der Waals surface area contributed by atoms with E-state index in [4.69, 9.17) is 0 Å². The summed E-state index contributed by atoms with van der Waals surface area (Å²) in [4.78, 5) is -3.68. The molecule has 0 aromatic heterocycles. The summed E-state index contributed by atoms with van der Waals surface area (Å²) >= 11 is 1.73. The SMILES string of the molecule is [O]CC=C(F)C(F)(F)Br. The second kappa shape index (κ2) is 3.22. The molecule has 5 heteroatoms. The van der Waals surface area contributed by atoms with Gasteiger partial charge in [0.1, 0.15) is 6.61 Å². The summed E-state index contributed by atoms with van der Waals surface area (Å²) in [6, 6.07) is 0. The van der Waals surface area contributed by atoms with E-state index in [2.05, 4.69) is 0 Å². The van der Waals surface area contributed by atoms with E-state index in [0.717, 1.165) is 0 Å². The zero-order valence-electron chi connectivity index (χ0n) is 4.20. The minimum Gasteiger partial charge on any atom is -0.232 e. The molecular weight excluding hydrogens is 201 g/mol. The van der Waals surface area contributed by atoms with Crippen LogP contribution in [0.15, 0.2) is 11.9 Å². The second-order valence-corrected chi connectivity index (χ2v) is 2.21. The molecule has 9 heavy (non-hydrogen) atoms. The molecule has 0 fully saturated rings. The van der Waals surface area contributed by atoms with E-state index in [9.17, 15) is 18.3 Å². The van der Waals surface area contributed by atoms with Crippen LogP contribution in [0.5, 0.6) is 0 Å². The van der Waals surface area contributed by atoms with Gasteiger partial charge in [-0.05, 0) is 22.0 Å². The Kier molecular flexibility index (Phi) is 3.21. The summed E-state index contributed by atoms with van der Waals surface area (Å²) in [7, 11) is 0. The molecule has 1 nitrogen and oxygen atoms in total. The summed E-state index contributed by atoms with van der Waals surface area (Å²) in [5.41, 5.74) is 0. The van der Waals surface area contributed by atoms with Crippen LogP contribution in [0, 0.1) is 0 Å². The minimum atomic E-state index is -3.68. The number of alkyl halides is 3. The summed E-state index contributed by atoms with van der Waals surface area (Å²) in [5.74, 6) is -1.74. The molecule has 0 bridgehead atoms. The first-order valence-electron chi connectivity index (χ1n) is 1.99. The van der Waals surface area contributed by atoms with E-state index >= 15 is 0 Å². The van der Waals surface area contributed by atoms with Crippen molar-refractivity contribution < 1.29 is 18.3 Å². The highest BCUT2D eigenvalue weighted by atomic mass is 79.9. The van der Waals surface area contributed by atoms with Gasteiger partial charge in [-0.1, -0.05) is 0 Å². The molecule has 0 saturated heterocycles. The maximum atomic E-state index is 11.8. The first-order chi connectivity index (χ1) is 3.98. The van der Waals surface area contributed by atoms with Crippen LogP contribution in [0.2, 0.25) is 0 Å². The average molecular weight is 204 g/mol. The molecule has 0 aliphatic carbocycles. The summed E-state index contributed by atoms with van der Waals surface area (Å²) in [5, 5.41) is 9.52. The van der Waals surface area contributed by atoms with Gasteiger partial charge in [0.2, 0.25) is 0 Å².